The molecule has 4 heteroatoms. The van der Waals surface area contributed by atoms with Gasteiger partial charge in [0.2, 0.25) is 5.91 Å². The van der Waals surface area contributed by atoms with E-state index in [1.807, 2.05) is 4.90 Å². The Labute approximate surface area is 146 Å². The van der Waals surface area contributed by atoms with E-state index in [2.05, 4.69) is 26.8 Å². The van der Waals surface area contributed by atoms with Crippen LogP contribution in [0.5, 0.6) is 0 Å². The summed E-state index contributed by atoms with van der Waals surface area (Å²) >= 11 is 0. The van der Waals surface area contributed by atoms with Gasteiger partial charge in [0.15, 0.2) is 0 Å². The molecule has 24 heavy (non-hydrogen) atoms. The number of ether oxygens (including phenoxy) is 1. The molecule has 0 bridgehead atoms. The third-order valence-electron chi connectivity index (χ3n) is 6.63. The Morgan fingerprint density at radius 1 is 1.29 bits per heavy atom. The second-order valence-electron chi connectivity index (χ2n) is 8.82. The molecular weight excluding hydrogens is 300 g/mol. The molecule has 0 spiro atoms. The number of carbonyl (C=O) groups is 1. The maximum Gasteiger partial charge on any atom is 0.223 e. The van der Waals surface area contributed by atoms with Crippen LogP contribution in [0.2, 0.25) is 0 Å². The summed E-state index contributed by atoms with van der Waals surface area (Å²) in [5.41, 5.74) is 0.301. The number of nitrogens with zero attached hydrogens (tertiary/aromatic N) is 2. The van der Waals surface area contributed by atoms with E-state index in [1.165, 1.54) is 25.7 Å². The molecule has 0 aromatic rings. The van der Waals surface area contributed by atoms with Gasteiger partial charge in [-0.25, -0.2) is 0 Å². The maximum absolute atomic E-state index is 12.6. The van der Waals surface area contributed by atoms with Crippen LogP contribution in [-0.2, 0) is 9.53 Å². The molecular formula is C20H32N2O2. The summed E-state index contributed by atoms with van der Waals surface area (Å²) in [4.78, 5) is 14.4. The summed E-state index contributed by atoms with van der Waals surface area (Å²) in [6.45, 7) is 8.16. The predicted molar refractivity (Wildman–Crippen MR) is 93.1 cm³/mol. The minimum absolute atomic E-state index is 0.191. The molecule has 3 rings (SSSR count). The molecule has 0 aromatic heterocycles. The molecule has 3 aliphatic rings. The lowest BCUT2D eigenvalue weighted by atomic mass is 9.81. The summed E-state index contributed by atoms with van der Waals surface area (Å²) in [7, 11) is 0. The summed E-state index contributed by atoms with van der Waals surface area (Å²) in [5.74, 6) is 2.23. The van der Waals surface area contributed by atoms with E-state index in [0.717, 1.165) is 37.8 Å². The van der Waals surface area contributed by atoms with Crippen LogP contribution in [0.25, 0.3) is 0 Å². The number of hydrogen-bond acceptors (Lipinski definition) is 3. The van der Waals surface area contributed by atoms with Gasteiger partial charge in [-0.05, 0) is 68.6 Å². The van der Waals surface area contributed by atoms with Gasteiger partial charge in [-0.2, -0.15) is 5.26 Å². The standard InChI is InChI=1S/C20H32N2O2/c1-4-24-18-8-15-10-20(3,11-16(15)9-18)6-5-19(23)22-13-14(2)7-17(22)12-21/h14-18H,4-11,13H2,1-3H3/t14-,15-,16+,17-,18?,20?/m0/s1. The number of likely N-dealkylation sites (tertiary alicyclic amines) is 1. The van der Waals surface area contributed by atoms with Crippen LogP contribution < -0.4 is 0 Å². The number of fused-ring (bicyclic) bond motifs is 1. The van der Waals surface area contributed by atoms with Crippen molar-refractivity contribution in [3.63, 3.8) is 0 Å². The second kappa shape index (κ2) is 7.04. The van der Waals surface area contributed by atoms with Gasteiger partial charge in [0.1, 0.15) is 6.04 Å². The van der Waals surface area contributed by atoms with Gasteiger partial charge < -0.3 is 9.64 Å². The second-order valence-corrected chi connectivity index (χ2v) is 8.82. The highest BCUT2D eigenvalue weighted by Crippen LogP contribution is 2.55. The van der Waals surface area contributed by atoms with Crippen molar-refractivity contribution in [1.82, 2.24) is 4.90 Å². The van der Waals surface area contributed by atoms with Gasteiger partial charge in [-0.1, -0.05) is 13.8 Å². The number of hydrogen-bond donors (Lipinski definition) is 0. The Kier molecular flexibility index (Phi) is 5.20. The van der Waals surface area contributed by atoms with Gasteiger partial charge in [0.25, 0.3) is 0 Å². The monoisotopic (exact) mass is 332 g/mol. The normalized spacial score (nSPS) is 41.4. The zero-order valence-corrected chi connectivity index (χ0v) is 15.5. The number of carbonyl (C=O) groups excluding carboxylic acids is 1. The van der Waals surface area contributed by atoms with Crippen molar-refractivity contribution in [2.24, 2.45) is 23.2 Å². The lowest BCUT2D eigenvalue weighted by molar-refractivity contribution is -0.131. The van der Waals surface area contributed by atoms with Gasteiger partial charge in [-0.15, -0.1) is 0 Å². The average molecular weight is 332 g/mol. The summed E-state index contributed by atoms with van der Waals surface area (Å²) in [6.07, 6.45) is 7.79. The van der Waals surface area contributed by atoms with E-state index in [4.69, 9.17) is 4.74 Å². The van der Waals surface area contributed by atoms with Crippen molar-refractivity contribution >= 4 is 5.91 Å². The summed E-state index contributed by atoms with van der Waals surface area (Å²) in [5, 5.41) is 9.26. The fourth-order valence-electron chi connectivity index (χ4n) is 5.58. The predicted octanol–water partition coefficient (Wildman–Crippen LogP) is 3.76. The highest BCUT2D eigenvalue weighted by molar-refractivity contribution is 5.77. The number of nitriles is 1. The quantitative estimate of drug-likeness (QED) is 0.770. The zero-order chi connectivity index (χ0) is 17.3. The minimum Gasteiger partial charge on any atom is -0.378 e. The fraction of sp³-hybridized carbons (Fsp3) is 0.900. The highest BCUT2D eigenvalue weighted by Gasteiger charge is 2.47. The van der Waals surface area contributed by atoms with Crippen molar-refractivity contribution in [2.75, 3.05) is 13.2 Å². The summed E-state index contributed by atoms with van der Waals surface area (Å²) < 4.78 is 5.82. The molecule has 134 valence electrons. The van der Waals surface area contributed by atoms with Gasteiger partial charge >= 0.3 is 0 Å². The first kappa shape index (κ1) is 17.7. The van der Waals surface area contributed by atoms with Gasteiger partial charge in [-0.3, -0.25) is 4.79 Å². The topological polar surface area (TPSA) is 53.3 Å². The van der Waals surface area contributed by atoms with E-state index < -0.39 is 0 Å². The largest absolute Gasteiger partial charge is 0.378 e. The maximum atomic E-state index is 12.6. The first-order valence-corrected chi connectivity index (χ1v) is 9.75. The van der Waals surface area contributed by atoms with Crippen LogP contribution >= 0.6 is 0 Å². The first-order chi connectivity index (χ1) is 11.4. The molecule has 0 N–H and O–H groups in total. The molecule has 3 fully saturated rings. The molecule has 6 atom stereocenters. The van der Waals surface area contributed by atoms with Gasteiger partial charge in [0.05, 0.1) is 12.2 Å². The molecule has 0 radical (unpaired) electrons. The average Bonchev–Trinajstić information content (AvgIpc) is 3.16. The smallest absolute Gasteiger partial charge is 0.223 e. The molecule has 0 aromatic carbocycles. The Bertz CT molecular complexity index is 498. The molecule has 1 amide bonds. The Balaban J connectivity index is 1.49. The fourth-order valence-corrected chi connectivity index (χ4v) is 5.58. The van der Waals surface area contributed by atoms with Crippen LogP contribution in [0.3, 0.4) is 0 Å². The van der Waals surface area contributed by atoms with Crippen molar-refractivity contribution in [1.29, 1.82) is 5.26 Å². The van der Waals surface area contributed by atoms with Crippen LogP contribution in [0.1, 0.15) is 65.7 Å². The zero-order valence-electron chi connectivity index (χ0n) is 15.5. The molecule has 1 aliphatic heterocycles. The molecule has 2 saturated carbocycles. The molecule has 2 aliphatic carbocycles. The molecule has 1 heterocycles. The summed E-state index contributed by atoms with van der Waals surface area (Å²) in [6, 6.07) is 2.10. The first-order valence-electron chi connectivity index (χ1n) is 9.75. The van der Waals surface area contributed by atoms with Crippen LogP contribution in [0.15, 0.2) is 0 Å². The number of rotatable bonds is 5. The van der Waals surface area contributed by atoms with Crippen molar-refractivity contribution in [3.05, 3.63) is 0 Å². The minimum atomic E-state index is -0.199. The Hall–Kier alpha value is -1.08. The van der Waals surface area contributed by atoms with Crippen molar-refractivity contribution in [3.8, 4) is 6.07 Å². The van der Waals surface area contributed by atoms with Crippen LogP contribution in [0.4, 0.5) is 0 Å². The van der Waals surface area contributed by atoms with E-state index in [1.54, 1.807) is 0 Å². The van der Waals surface area contributed by atoms with E-state index in [-0.39, 0.29) is 11.9 Å². The molecule has 4 nitrogen and oxygen atoms in total. The number of amides is 1. The lowest BCUT2D eigenvalue weighted by Gasteiger charge is -2.27. The molecule has 2 unspecified atom stereocenters. The van der Waals surface area contributed by atoms with Crippen molar-refractivity contribution in [2.45, 2.75) is 77.9 Å². The Morgan fingerprint density at radius 3 is 2.54 bits per heavy atom. The van der Waals surface area contributed by atoms with E-state index in [0.29, 0.717) is 23.9 Å². The highest BCUT2D eigenvalue weighted by atomic mass is 16.5. The van der Waals surface area contributed by atoms with Crippen LogP contribution in [0, 0.1) is 34.5 Å². The van der Waals surface area contributed by atoms with Crippen LogP contribution in [-0.4, -0.2) is 36.1 Å². The molecule has 1 saturated heterocycles. The van der Waals surface area contributed by atoms with E-state index >= 15 is 0 Å². The SMILES string of the molecule is CCOC1C[C@@H]2CC(C)(CCC(=O)N3C[C@@H](C)C[C@H]3C#N)C[C@@H]2C1. The third-order valence-corrected chi connectivity index (χ3v) is 6.63. The third kappa shape index (κ3) is 3.61. The van der Waals surface area contributed by atoms with E-state index in [9.17, 15) is 10.1 Å². The van der Waals surface area contributed by atoms with Crippen molar-refractivity contribution < 1.29 is 9.53 Å². The lowest BCUT2D eigenvalue weighted by Crippen LogP contribution is -2.35. The van der Waals surface area contributed by atoms with Gasteiger partial charge in [0, 0.05) is 19.6 Å². The Morgan fingerprint density at radius 2 is 1.96 bits per heavy atom.